The summed E-state index contributed by atoms with van der Waals surface area (Å²) in [4.78, 5) is 11.8. The van der Waals surface area contributed by atoms with Gasteiger partial charge in [0.2, 0.25) is 5.13 Å². The Bertz CT molecular complexity index is 633. The van der Waals surface area contributed by atoms with Crippen LogP contribution in [0.5, 0.6) is 5.75 Å². The molecule has 2 aromatic rings. The van der Waals surface area contributed by atoms with Crippen molar-refractivity contribution in [3.63, 3.8) is 0 Å². The zero-order valence-electron chi connectivity index (χ0n) is 10.9. The van der Waals surface area contributed by atoms with E-state index in [2.05, 4.69) is 38.0 Å². The number of ether oxygens (including phenoxy) is 1. The zero-order valence-corrected chi connectivity index (χ0v) is 14.1. The fourth-order valence-corrected chi connectivity index (χ4v) is 3.22. The van der Waals surface area contributed by atoms with Gasteiger partial charge in [0.05, 0.1) is 0 Å². The summed E-state index contributed by atoms with van der Waals surface area (Å²) in [6.07, 6.45) is 1.79. The molecule has 0 unspecified atom stereocenters. The number of nitrogens with one attached hydrogen (secondary N) is 1. The van der Waals surface area contributed by atoms with Crippen molar-refractivity contribution >= 4 is 50.1 Å². The number of hydrogen-bond acceptors (Lipinski definition) is 6. The van der Waals surface area contributed by atoms with Gasteiger partial charge in [-0.25, -0.2) is 0 Å². The molecule has 0 saturated carbocycles. The van der Waals surface area contributed by atoms with E-state index in [1.54, 1.807) is 18.2 Å². The Labute approximate surface area is 138 Å². The van der Waals surface area contributed by atoms with Gasteiger partial charge in [-0.2, -0.15) is 0 Å². The molecule has 1 amide bonds. The fraction of sp³-hybridized carbons (Fsp3) is 0.154. The van der Waals surface area contributed by atoms with E-state index in [9.17, 15) is 4.79 Å². The molecule has 0 atom stereocenters. The van der Waals surface area contributed by atoms with Crippen LogP contribution in [0.4, 0.5) is 5.13 Å². The maximum atomic E-state index is 11.8. The Morgan fingerprint density at radius 2 is 2.38 bits per heavy atom. The molecule has 0 aliphatic heterocycles. The minimum absolute atomic E-state index is 0.0782. The van der Waals surface area contributed by atoms with Crippen molar-refractivity contribution in [3.05, 3.63) is 41.4 Å². The minimum atomic E-state index is -0.272. The van der Waals surface area contributed by atoms with Gasteiger partial charge in [0.15, 0.2) is 10.9 Å². The number of hydrogen-bond donors (Lipinski definition) is 1. The Morgan fingerprint density at radius 1 is 1.52 bits per heavy atom. The van der Waals surface area contributed by atoms with Gasteiger partial charge < -0.3 is 4.74 Å². The maximum Gasteiger partial charge on any atom is 0.264 e. The number of thioether (sulfide) groups is 1. The third-order valence-electron chi connectivity index (χ3n) is 2.14. The number of anilines is 1. The molecular formula is C13H12BrN3O2S2. The Balaban J connectivity index is 1.81. The highest BCUT2D eigenvalue weighted by atomic mass is 79.9. The topological polar surface area (TPSA) is 64.1 Å². The second-order valence-electron chi connectivity index (χ2n) is 3.77. The number of rotatable bonds is 7. The first-order valence-electron chi connectivity index (χ1n) is 5.93. The summed E-state index contributed by atoms with van der Waals surface area (Å²) in [6, 6.07) is 7.30. The van der Waals surface area contributed by atoms with Crippen LogP contribution in [0.1, 0.15) is 0 Å². The van der Waals surface area contributed by atoms with Crippen molar-refractivity contribution < 1.29 is 9.53 Å². The Kier molecular flexibility index (Phi) is 6.21. The van der Waals surface area contributed by atoms with Gasteiger partial charge in [-0.1, -0.05) is 51.2 Å². The number of carbonyl (C=O) groups is 1. The second-order valence-corrected chi connectivity index (χ2v) is 6.93. The van der Waals surface area contributed by atoms with Crippen LogP contribution in [0, 0.1) is 0 Å². The molecule has 8 heteroatoms. The van der Waals surface area contributed by atoms with Crippen molar-refractivity contribution in [2.24, 2.45) is 0 Å². The summed E-state index contributed by atoms with van der Waals surface area (Å²) in [6.45, 7) is 3.56. The molecule has 2 rings (SSSR count). The first-order valence-corrected chi connectivity index (χ1v) is 8.52. The predicted molar refractivity (Wildman–Crippen MR) is 89.1 cm³/mol. The third-order valence-corrected chi connectivity index (χ3v) is 4.60. The van der Waals surface area contributed by atoms with Crippen LogP contribution in [0.2, 0.25) is 0 Å². The monoisotopic (exact) mass is 385 g/mol. The quantitative estimate of drug-likeness (QED) is 0.448. The first kappa shape index (κ1) is 16.0. The van der Waals surface area contributed by atoms with E-state index in [0.29, 0.717) is 10.9 Å². The molecule has 110 valence electrons. The van der Waals surface area contributed by atoms with Gasteiger partial charge in [0.1, 0.15) is 5.75 Å². The minimum Gasteiger partial charge on any atom is -0.484 e. The van der Waals surface area contributed by atoms with Crippen LogP contribution in [-0.4, -0.2) is 28.5 Å². The molecule has 1 N–H and O–H groups in total. The molecule has 0 radical (unpaired) electrons. The van der Waals surface area contributed by atoms with Gasteiger partial charge in [0.25, 0.3) is 5.91 Å². The van der Waals surface area contributed by atoms with Gasteiger partial charge in [0, 0.05) is 10.2 Å². The summed E-state index contributed by atoms with van der Waals surface area (Å²) in [5.74, 6) is 1.11. The molecule has 1 aromatic carbocycles. The lowest BCUT2D eigenvalue weighted by Crippen LogP contribution is -2.20. The second kappa shape index (κ2) is 8.16. The van der Waals surface area contributed by atoms with E-state index < -0.39 is 0 Å². The lowest BCUT2D eigenvalue weighted by Gasteiger charge is -2.05. The van der Waals surface area contributed by atoms with E-state index in [1.807, 2.05) is 12.1 Å². The molecule has 1 aromatic heterocycles. The summed E-state index contributed by atoms with van der Waals surface area (Å²) < 4.78 is 7.08. The zero-order chi connectivity index (χ0) is 15.1. The molecule has 0 saturated heterocycles. The fourth-order valence-electron chi connectivity index (χ4n) is 1.31. The van der Waals surface area contributed by atoms with Crippen LogP contribution in [0.25, 0.3) is 0 Å². The van der Waals surface area contributed by atoms with Crippen molar-refractivity contribution in [1.82, 2.24) is 10.2 Å². The number of carbonyl (C=O) groups excluding carboxylic acids is 1. The Hall–Kier alpha value is -1.38. The van der Waals surface area contributed by atoms with Gasteiger partial charge >= 0.3 is 0 Å². The molecule has 0 fully saturated rings. The van der Waals surface area contributed by atoms with Crippen molar-refractivity contribution in [3.8, 4) is 5.75 Å². The summed E-state index contributed by atoms with van der Waals surface area (Å²) in [7, 11) is 0. The van der Waals surface area contributed by atoms with Gasteiger partial charge in [-0.3, -0.25) is 10.1 Å². The van der Waals surface area contributed by atoms with Crippen LogP contribution in [0.3, 0.4) is 0 Å². The van der Waals surface area contributed by atoms with Crippen molar-refractivity contribution in [1.29, 1.82) is 0 Å². The van der Waals surface area contributed by atoms with E-state index in [-0.39, 0.29) is 12.5 Å². The highest BCUT2D eigenvalue weighted by Crippen LogP contribution is 2.25. The first-order chi connectivity index (χ1) is 10.2. The largest absolute Gasteiger partial charge is 0.484 e. The average Bonchev–Trinajstić information content (AvgIpc) is 2.90. The van der Waals surface area contributed by atoms with Crippen LogP contribution in [-0.2, 0) is 4.79 Å². The van der Waals surface area contributed by atoms with Crippen molar-refractivity contribution in [2.75, 3.05) is 17.7 Å². The molecule has 0 aliphatic carbocycles. The van der Waals surface area contributed by atoms with E-state index in [4.69, 9.17) is 4.74 Å². The van der Waals surface area contributed by atoms with E-state index in [0.717, 1.165) is 14.6 Å². The van der Waals surface area contributed by atoms with Crippen LogP contribution in [0.15, 0.2) is 45.7 Å². The number of nitrogens with zero attached hydrogens (tertiary/aromatic N) is 2. The third kappa shape index (κ3) is 5.49. The predicted octanol–water partition coefficient (Wildman–Crippen LogP) is 3.60. The van der Waals surface area contributed by atoms with Gasteiger partial charge in [-0.15, -0.1) is 16.8 Å². The standard InChI is InChI=1S/C13H12BrN3O2S2/c1-2-6-20-13-17-16-12(21-13)15-11(18)8-19-10-5-3-4-9(14)7-10/h2-5,7H,1,6,8H2,(H,15,16,18). The molecule has 21 heavy (non-hydrogen) atoms. The van der Waals surface area contributed by atoms with E-state index >= 15 is 0 Å². The molecule has 5 nitrogen and oxygen atoms in total. The van der Waals surface area contributed by atoms with Gasteiger partial charge in [-0.05, 0) is 18.2 Å². The summed E-state index contributed by atoms with van der Waals surface area (Å²) in [5.41, 5.74) is 0. The Morgan fingerprint density at radius 3 is 3.14 bits per heavy atom. The van der Waals surface area contributed by atoms with Crippen LogP contribution >= 0.6 is 39.0 Å². The average molecular weight is 386 g/mol. The number of aromatic nitrogens is 2. The molecule has 0 spiro atoms. The molecule has 1 heterocycles. The maximum absolute atomic E-state index is 11.8. The SMILES string of the molecule is C=CCSc1nnc(NC(=O)COc2cccc(Br)c2)s1. The van der Waals surface area contributed by atoms with Crippen molar-refractivity contribution in [2.45, 2.75) is 4.34 Å². The molecular weight excluding hydrogens is 374 g/mol. The lowest BCUT2D eigenvalue weighted by molar-refractivity contribution is -0.118. The lowest BCUT2D eigenvalue weighted by atomic mass is 10.3. The number of halogens is 1. The van der Waals surface area contributed by atoms with E-state index in [1.165, 1.54) is 23.1 Å². The number of benzene rings is 1. The highest BCUT2D eigenvalue weighted by molar-refractivity contribution is 9.10. The highest BCUT2D eigenvalue weighted by Gasteiger charge is 2.09. The smallest absolute Gasteiger partial charge is 0.264 e. The van der Waals surface area contributed by atoms with Crippen LogP contribution < -0.4 is 10.1 Å². The molecule has 0 bridgehead atoms. The molecule has 0 aliphatic rings. The number of amides is 1. The summed E-state index contributed by atoms with van der Waals surface area (Å²) >= 11 is 6.18. The summed E-state index contributed by atoms with van der Waals surface area (Å²) in [5, 5.41) is 11.0. The normalized spacial score (nSPS) is 10.1.